The Balaban J connectivity index is 1.56. The van der Waals surface area contributed by atoms with Gasteiger partial charge in [0.25, 0.3) is 0 Å². The second-order valence-electron chi connectivity index (χ2n) is 8.03. The Hall–Kier alpha value is -3.21. The molecule has 2 atom stereocenters. The molecule has 0 radical (unpaired) electrons. The smallest absolute Gasteiger partial charge is 0.477 e. The SMILES string of the molecule is Cc1oc(=O)oc1N1CCN(c2cc3c(cc2F)c(=O)c(C(=O)O)c2n3C(C)S2)C(C)C1. The third-order valence-electron chi connectivity index (χ3n) is 6.03. The molecule has 0 spiro atoms. The summed E-state index contributed by atoms with van der Waals surface area (Å²) in [5.74, 6) is -1.88. The van der Waals surface area contributed by atoms with E-state index in [1.807, 2.05) is 23.6 Å². The number of halogens is 1. The molecular formula is C21H20FN3O6S. The molecule has 168 valence electrons. The number of benzene rings is 1. The van der Waals surface area contributed by atoms with E-state index in [0.29, 0.717) is 47.5 Å². The van der Waals surface area contributed by atoms with E-state index >= 15 is 4.39 Å². The van der Waals surface area contributed by atoms with E-state index in [9.17, 15) is 19.5 Å². The predicted octanol–water partition coefficient (Wildman–Crippen LogP) is 3.03. The van der Waals surface area contributed by atoms with Gasteiger partial charge in [-0.1, -0.05) is 11.8 Å². The normalized spacial score (nSPS) is 20.4. The number of carbonyl (C=O) groups is 1. The molecule has 0 bridgehead atoms. The number of fused-ring (bicyclic) bond motifs is 3. The third kappa shape index (κ3) is 2.94. The van der Waals surface area contributed by atoms with Crippen molar-refractivity contribution >= 4 is 40.2 Å². The summed E-state index contributed by atoms with van der Waals surface area (Å²) in [6.07, 6.45) is 0. The van der Waals surface area contributed by atoms with Crippen LogP contribution in [-0.4, -0.2) is 41.3 Å². The first-order valence-electron chi connectivity index (χ1n) is 10.1. The van der Waals surface area contributed by atoms with Crippen molar-refractivity contribution in [1.82, 2.24) is 4.57 Å². The van der Waals surface area contributed by atoms with Crippen LogP contribution in [0.2, 0.25) is 0 Å². The minimum absolute atomic E-state index is 0.0571. The summed E-state index contributed by atoms with van der Waals surface area (Å²) in [6.45, 7) is 6.89. The number of aromatic carboxylic acids is 1. The molecule has 1 aromatic carbocycles. The van der Waals surface area contributed by atoms with E-state index in [0.717, 1.165) is 6.07 Å². The number of hydrogen-bond acceptors (Lipinski definition) is 8. The molecule has 0 amide bonds. The lowest BCUT2D eigenvalue weighted by molar-refractivity contribution is 0.0689. The molecule has 4 heterocycles. The van der Waals surface area contributed by atoms with E-state index in [1.54, 1.807) is 17.6 Å². The summed E-state index contributed by atoms with van der Waals surface area (Å²) in [4.78, 5) is 39.6. The maximum Gasteiger partial charge on any atom is 0.520 e. The number of rotatable bonds is 3. The minimum atomic E-state index is -1.31. The van der Waals surface area contributed by atoms with Crippen LogP contribution in [0.5, 0.6) is 0 Å². The van der Waals surface area contributed by atoms with Crippen LogP contribution < -0.4 is 21.1 Å². The van der Waals surface area contributed by atoms with Crippen LogP contribution in [0.15, 0.2) is 35.6 Å². The Morgan fingerprint density at radius 3 is 2.56 bits per heavy atom. The number of anilines is 2. The summed E-state index contributed by atoms with van der Waals surface area (Å²) in [5.41, 5.74) is -0.126. The Bertz CT molecular complexity index is 1390. The van der Waals surface area contributed by atoms with Crippen molar-refractivity contribution in [2.75, 3.05) is 29.4 Å². The van der Waals surface area contributed by atoms with Gasteiger partial charge < -0.3 is 28.3 Å². The molecule has 9 nitrogen and oxygen atoms in total. The maximum atomic E-state index is 15.2. The molecule has 5 rings (SSSR count). The van der Waals surface area contributed by atoms with Crippen LogP contribution in [0.3, 0.4) is 0 Å². The monoisotopic (exact) mass is 461 g/mol. The van der Waals surface area contributed by atoms with E-state index < -0.39 is 23.0 Å². The summed E-state index contributed by atoms with van der Waals surface area (Å²) in [5, 5.41) is 9.87. The van der Waals surface area contributed by atoms with Crippen molar-refractivity contribution in [3.8, 4) is 0 Å². The van der Waals surface area contributed by atoms with Gasteiger partial charge in [-0.15, -0.1) is 0 Å². The van der Waals surface area contributed by atoms with Gasteiger partial charge in [-0.3, -0.25) is 4.79 Å². The predicted molar refractivity (Wildman–Crippen MR) is 117 cm³/mol. The summed E-state index contributed by atoms with van der Waals surface area (Å²) in [7, 11) is 0. The molecule has 2 unspecified atom stereocenters. The van der Waals surface area contributed by atoms with E-state index in [-0.39, 0.29) is 22.4 Å². The number of carboxylic acid groups (broad SMARTS) is 1. The van der Waals surface area contributed by atoms with Crippen molar-refractivity contribution in [2.24, 2.45) is 0 Å². The Labute approximate surface area is 185 Å². The first-order valence-corrected chi connectivity index (χ1v) is 11.0. The average Bonchev–Trinajstić information content (AvgIpc) is 3.05. The van der Waals surface area contributed by atoms with Crippen LogP contribution >= 0.6 is 11.8 Å². The van der Waals surface area contributed by atoms with Gasteiger partial charge in [0, 0.05) is 31.1 Å². The standard InChI is InChI=1S/C21H20FN3O6S/c1-9-8-23(18-10(2)30-21(29)31-18)4-5-24(9)15-7-14-12(6-13(15)22)17(26)16(20(27)28)19-25(14)11(3)32-19/h6-7,9,11H,4-5,8H2,1-3H3,(H,27,28). The second-order valence-corrected chi connectivity index (χ2v) is 9.33. The number of aromatic nitrogens is 1. The summed E-state index contributed by atoms with van der Waals surface area (Å²) in [6, 6.07) is 2.64. The van der Waals surface area contributed by atoms with Gasteiger partial charge in [0.15, 0.2) is 5.76 Å². The molecule has 2 aliphatic rings. The quantitative estimate of drug-likeness (QED) is 0.629. The molecule has 1 N–H and O–H groups in total. The van der Waals surface area contributed by atoms with E-state index in [1.165, 1.54) is 11.8 Å². The van der Waals surface area contributed by atoms with Gasteiger partial charge in [0.05, 0.1) is 21.6 Å². The van der Waals surface area contributed by atoms with E-state index in [4.69, 9.17) is 8.83 Å². The highest BCUT2D eigenvalue weighted by Crippen LogP contribution is 2.46. The van der Waals surface area contributed by atoms with Crippen LogP contribution in [0.25, 0.3) is 10.9 Å². The highest BCUT2D eigenvalue weighted by atomic mass is 32.2. The zero-order valence-electron chi connectivity index (χ0n) is 17.5. The van der Waals surface area contributed by atoms with Gasteiger partial charge in [0.2, 0.25) is 11.3 Å². The van der Waals surface area contributed by atoms with Gasteiger partial charge in [-0.05, 0) is 32.9 Å². The average molecular weight is 461 g/mol. The minimum Gasteiger partial charge on any atom is -0.477 e. The largest absolute Gasteiger partial charge is 0.520 e. The molecule has 2 aromatic heterocycles. The van der Waals surface area contributed by atoms with Crippen molar-refractivity contribution in [2.45, 2.75) is 37.2 Å². The fourth-order valence-corrected chi connectivity index (χ4v) is 5.73. The fourth-order valence-electron chi connectivity index (χ4n) is 4.57. The molecule has 1 fully saturated rings. The Morgan fingerprint density at radius 2 is 1.97 bits per heavy atom. The molecule has 11 heteroatoms. The fraction of sp³-hybridized carbons (Fsp3) is 0.381. The number of hydrogen-bond donors (Lipinski definition) is 1. The zero-order valence-corrected chi connectivity index (χ0v) is 18.4. The van der Waals surface area contributed by atoms with Gasteiger partial charge >= 0.3 is 11.8 Å². The highest BCUT2D eigenvalue weighted by Gasteiger charge is 2.34. The number of aryl methyl sites for hydroxylation is 1. The van der Waals surface area contributed by atoms with Crippen molar-refractivity contribution in [1.29, 1.82) is 0 Å². The van der Waals surface area contributed by atoms with Crippen molar-refractivity contribution in [3.63, 3.8) is 0 Å². The van der Waals surface area contributed by atoms with Gasteiger partial charge in [-0.25, -0.2) is 14.0 Å². The summed E-state index contributed by atoms with van der Waals surface area (Å²) < 4.78 is 27.1. The van der Waals surface area contributed by atoms with Crippen molar-refractivity contribution in [3.05, 3.63) is 50.1 Å². The highest BCUT2D eigenvalue weighted by molar-refractivity contribution is 8.00. The molecular weight excluding hydrogens is 441 g/mol. The molecule has 32 heavy (non-hydrogen) atoms. The van der Waals surface area contributed by atoms with Crippen LogP contribution in [-0.2, 0) is 0 Å². The third-order valence-corrected chi connectivity index (χ3v) is 7.21. The lowest BCUT2D eigenvalue weighted by atomic mass is 10.1. The molecule has 1 saturated heterocycles. The lowest BCUT2D eigenvalue weighted by Crippen LogP contribution is -2.52. The molecule has 2 aliphatic heterocycles. The number of thioether (sulfide) groups is 1. The number of piperazine rings is 1. The number of carboxylic acids is 1. The summed E-state index contributed by atoms with van der Waals surface area (Å²) >= 11 is 1.31. The first kappa shape index (κ1) is 20.7. The van der Waals surface area contributed by atoms with Crippen LogP contribution in [0.4, 0.5) is 16.0 Å². The van der Waals surface area contributed by atoms with Gasteiger partial charge in [0.1, 0.15) is 11.4 Å². The van der Waals surface area contributed by atoms with Crippen LogP contribution in [0.1, 0.15) is 35.3 Å². The second kappa shape index (κ2) is 7.16. The zero-order chi connectivity index (χ0) is 22.9. The lowest BCUT2D eigenvalue weighted by Gasteiger charge is -2.41. The molecule has 0 saturated carbocycles. The first-order chi connectivity index (χ1) is 15.2. The number of pyridine rings is 1. The Morgan fingerprint density at radius 1 is 1.22 bits per heavy atom. The van der Waals surface area contributed by atoms with E-state index in [2.05, 4.69) is 0 Å². The molecule has 3 aromatic rings. The van der Waals surface area contributed by atoms with Crippen LogP contribution in [0, 0.1) is 12.7 Å². The van der Waals surface area contributed by atoms with Crippen molar-refractivity contribution < 1.29 is 23.1 Å². The maximum absolute atomic E-state index is 15.2. The van der Waals surface area contributed by atoms with Gasteiger partial charge in [-0.2, -0.15) is 0 Å². The molecule has 0 aliphatic carbocycles. The Kier molecular flexibility index (Phi) is 4.63. The topological polar surface area (TPSA) is 109 Å². The number of nitrogens with zero attached hydrogens (tertiary/aromatic N) is 3.